The molecule has 0 unspecified atom stereocenters. The number of aryl methyl sites for hydroxylation is 1. The Balaban J connectivity index is 2.62. The molecule has 0 amide bonds. The van der Waals surface area contributed by atoms with Gasteiger partial charge < -0.3 is 0 Å². The van der Waals surface area contributed by atoms with Crippen molar-refractivity contribution in [2.45, 2.75) is 13.8 Å². The molecule has 3 heteroatoms. The topological polar surface area (TPSA) is 41.6 Å². The van der Waals surface area contributed by atoms with Crippen molar-refractivity contribution in [3.63, 3.8) is 0 Å². The van der Waals surface area contributed by atoms with E-state index in [-0.39, 0.29) is 0 Å². The zero-order valence-electron chi connectivity index (χ0n) is 9.73. The lowest BCUT2D eigenvalue weighted by molar-refractivity contribution is 0.845. The quantitative estimate of drug-likeness (QED) is 0.693. The van der Waals surface area contributed by atoms with Gasteiger partial charge in [0.1, 0.15) is 0 Å². The van der Waals surface area contributed by atoms with E-state index in [9.17, 15) is 0 Å². The highest BCUT2D eigenvalue weighted by molar-refractivity contribution is 5.47. The molecule has 17 heavy (non-hydrogen) atoms. The third kappa shape index (κ3) is 1.91. The molecule has 2 aromatic rings. The highest BCUT2D eigenvalue weighted by Gasteiger charge is 2.07. The monoisotopic (exact) mass is 221 g/mol. The predicted molar refractivity (Wildman–Crippen MR) is 65.7 cm³/mol. The van der Waals surface area contributed by atoms with Gasteiger partial charge in [-0.05, 0) is 37.6 Å². The summed E-state index contributed by atoms with van der Waals surface area (Å²) in [6, 6.07) is 7.75. The van der Waals surface area contributed by atoms with Crippen LogP contribution in [0, 0.1) is 37.5 Å². The van der Waals surface area contributed by atoms with E-state index in [1.165, 1.54) is 0 Å². The maximum Gasteiger partial charge on any atom is 0.0992 e. The van der Waals surface area contributed by atoms with Crippen LogP contribution >= 0.6 is 0 Å². The summed E-state index contributed by atoms with van der Waals surface area (Å²) in [5, 5.41) is 13.2. The van der Waals surface area contributed by atoms with Crippen LogP contribution in [-0.2, 0) is 0 Å². The molecule has 0 aliphatic rings. The molecule has 82 valence electrons. The Morgan fingerprint density at radius 1 is 1.29 bits per heavy atom. The van der Waals surface area contributed by atoms with Gasteiger partial charge in [0.05, 0.1) is 34.8 Å². The first-order valence-corrected chi connectivity index (χ1v) is 5.19. The third-order valence-electron chi connectivity index (χ3n) is 2.60. The fourth-order valence-electron chi connectivity index (χ4n) is 1.76. The van der Waals surface area contributed by atoms with E-state index in [0.717, 1.165) is 22.5 Å². The zero-order chi connectivity index (χ0) is 12.4. The molecule has 0 bridgehead atoms. The number of hydrogen-bond donors (Lipinski definition) is 0. The van der Waals surface area contributed by atoms with Gasteiger partial charge in [-0.25, -0.2) is 4.68 Å². The van der Waals surface area contributed by atoms with E-state index in [1.807, 2.05) is 26.0 Å². The van der Waals surface area contributed by atoms with Gasteiger partial charge in [-0.1, -0.05) is 5.92 Å². The van der Waals surface area contributed by atoms with Crippen molar-refractivity contribution in [2.75, 3.05) is 0 Å². The highest BCUT2D eigenvalue weighted by Crippen LogP contribution is 2.16. The van der Waals surface area contributed by atoms with E-state index >= 15 is 0 Å². The van der Waals surface area contributed by atoms with E-state index in [0.29, 0.717) is 5.56 Å². The minimum absolute atomic E-state index is 0.622. The summed E-state index contributed by atoms with van der Waals surface area (Å²) in [7, 11) is 0. The van der Waals surface area contributed by atoms with E-state index in [1.54, 1.807) is 16.9 Å². The van der Waals surface area contributed by atoms with Gasteiger partial charge in [0.25, 0.3) is 0 Å². The largest absolute Gasteiger partial charge is 0.237 e. The van der Waals surface area contributed by atoms with E-state index < -0.39 is 0 Å². The molecule has 0 fully saturated rings. The second-order valence-corrected chi connectivity index (χ2v) is 3.87. The average Bonchev–Trinajstić information content (AvgIpc) is 2.69. The number of benzene rings is 1. The molecule has 0 aliphatic heterocycles. The molecule has 0 saturated heterocycles. The lowest BCUT2D eigenvalue weighted by atomic mass is 10.1. The fraction of sp³-hybridized carbons (Fsp3) is 0.143. The number of terminal acetylenes is 1. The van der Waals surface area contributed by atoms with Gasteiger partial charge in [-0.3, -0.25) is 0 Å². The van der Waals surface area contributed by atoms with Crippen LogP contribution in [-0.4, -0.2) is 9.78 Å². The number of rotatable bonds is 1. The van der Waals surface area contributed by atoms with Crippen molar-refractivity contribution < 1.29 is 0 Å². The number of nitriles is 1. The first-order valence-electron chi connectivity index (χ1n) is 5.19. The molecular formula is C14H11N3. The normalized spacial score (nSPS) is 9.65. The van der Waals surface area contributed by atoms with Crippen molar-refractivity contribution in [3.05, 3.63) is 46.8 Å². The molecule has 2 rings (SSSR count). The Morgan fingerprint density at radius 2 is 2.06 bits per heavy atom. The van der Waals surface area contributed by atoms with Crippen LogP contribution in [0.4, 0.5) is 0 Å². The smallest absolute Gasteiger partial charge is 0.0992 e. The molecule has 1 aromatic heterocycles. The first kappa shape index (κ1) is 11.0. The number of hydrogen-bond acceptors (Lipinski definition) is 2. The first-order chi connectivity index (χ1) is 8.15. The van der Waals surface area contributed by atoms with Crippen LogP contribution in [0.15, 0.2) is 24.4 Å². The summed E-state index contributed by atoms with van der Waals surface area (Å²) in [5.41, 5.74) is 4.18. The number of nitrogens with zero attached hydrogens (tertiary/aromatic N) is 3. The van der Waals surface area contributed by atoms with E-state index in [2.05, 4.69) is 17.1 Å². The maximum absolute atomic E-state index is 8.94. The lowest BCUT2D eigenvalue weighted by Gasteiger charge is -2.06. The summed E-state index contributed by atoms with van der Waals surface area (Å²) in [5.74, 6) is 2.58. The molecular weight excluding hydrogens is 210 g/mol. The van der Waals surface area contributed by atoms with Crippen LogP contribution in [0.25, 0.3) is 5.69 Å². The molecule has 0 atom stereocenters. The summed E-state index contributed by atoms with van der Waals surface area (Å²) in [6.07, 6.45) is 7.03. The molecule has 0 radical (unpaired) electrons. The van der Waals surface area contributed by atoms with Crippen molar-refractivity contribution in [2.24, 2.45) is 0 Å². The fourth-order valence-corrected chi connectivity index (χ4v) is 1.76. The Morgan fingerprint density at radius 3 is 2.65 bits per heavy atom. The minimum Gasteiger partial charge on any atom is -0.237 e. The Hall–Kier alpha value is -2.52. The summed E-state index contributed by atoms with van der Waals surface area (Å²) >= 11 is 0. The van der Waals surface area contributed by atoms with Gasteiger partial charge in [-0.15, -0.1) is 6.42 Å². The predicted octanol–water partition coefficient (Wildman–Crippen LogP) is 2.34. The Kier molecular flexibility index (Phi) is 2.68. The van der Waals surface area contributed by atoms with Crippen LogP contribution < -0.4 is 0 Å². The van der Waals surface area contributed by atoms with Crippen LogP contribution in [0.2, 0.25) is 0 Å². The Bertz CT molecular complexity index is 651. The van der Waals surface area contributed by atoms with Gasteiger partial charge in [0.15, 0.2) is 0 Å². The maximum atomic E-state index is 8.94. The van der Waals surface area contributed by atoms with E-state index in [4.69, 9.17) is 11.7 Å². The second kappa shape index (κ2) is 4.15. The van der Waals surface area contributed by atoms with Gasteiger partial charge >= 0.3 is 0 Å². The highest BCUT2D eigenvalue weighted by atomic mass is 15.3. The molecule has 1 aromatic carbocycles. The van der Waals surface area contributed by atoms with Gasteiger partial charge in [0.2, 0.25) is 0 Å². The molecule has 0 aliphatic carbocycles. The Labute approximate surface area is 100 Å². The zero-order valence-corrected chi connectivity index (χ0v) is 9.73. The van der Waals surface area contributed by atoms with Crippen LogP contribution in [0.3, 0.4) is 0 Å². The van der Waals surface area contributed by atoms with Gasteiger partial charge in [-0.2, -0.15) is 10.4 Å². The van der Waals surface area contributed by atoms with Crippen LogP contribution in [0.5, 0.6) is 0 Å². The number of aromatic nitrogens is 2. The van der Waals surface area contributed by atoms with Crippen molar-refractivity contribution in [1.29, 1.82) is 5.26 Å². The summed E-state index contributed by atoms with van der Waals surface area (Å²) < 4.78 is 1.75. The second-order valence-electron chi connectivity index (χ2n) is 3.87. The van der Waals surface area contributed by atoms with Crippen molar-refractivity contribution in [1.82, 2.24) is 9.78 Å². The standard InChI is InChI=1S/C14H11N3/c1-4-13-9-16-17(11(13)3)14-6-10(2)5-12(7-14)8-15/h1,5-7,9H,2-3H3. The lowest BCUT2D eigenvalue weighted by Crippen LogP contribution is -2.00. The van der Waals surface area contributed by atoms with Crippen LogP contribution in [0.1, 0.15) is 22.4 Å². The van der Waals surface area contributed by atoms with Gasteiger partial charge in [0, 0.05) is 0 Å². The van der Waals surface area contributed by atoms with Crippen molar-refractivity contribution in [3.8, 4) is 24.1 Å². The molecule has 0 N–H and O–H groups in total. The summed E-state index contributed by atoms with van der Waals surface area (Å²) in [6.45, 7) is 3.86. The molecule has 0 spiro atoms. The third-order valence-corrected chi connectivity index (χ3v) is 2.60. The average molecular weight is 221 g/mol. The molecule has 0 saturated carbocycles. The summed E-state index contributed by atoms with van der Waals surface area (Å²) in [4.78, 5) is 0. The molecule has 3 nitrogen and oxygen atoms in total. The van der Waals surface area contributed by atoms with Crippen molar-refractivity contribution >= 4 is 0 Å². The molecule has 1 heterocycles. The minimum atomic E-state index is 0.622. The SMILES string of the molecule is C#Cc1cnn(-c2cc(C)cc(C#N)c2)c1C.